The van der Waals surface area contributed by atoms with Crippen molar-refractivity contribution in [1.82, 2.24) is 0 Å². The summed E-state index contributed by atoms with van der Waals surface area (Å²) in [5, 5.41) is 9.09. The Balaban J connectivity index is 0. The molecule has 0 spiro atoms. The van der Waals surface area contributed by atoms with Gasteiger partial charge in [-0.05, 0) is 26.2 Å². The van der Waals surface area contributed by atoms with Crippen LogP contribution < -0.4 is 0 Å². The minimum absolute atomic E-state index is 0.107. The lowest BCUT2D eigenvalue weighted by atomic mass is 9.90. The van der Waals surface area contributed by atoms with E-state index >= 15 is 0 Å². The van der Waals surface area contributed by atoms with Gasteiger partial charge in [0.05, 0.1) is 25.7 Å². The van der Waals surface area contributed by atoms with Crippen molar-refractivity contribution in [1.29, 1.82) is 0 Å². The first kappa shape index (κ1) is 21.2. The van der Waals surface area contributed by atoms with Gasteiger partial charge in [0.25, 0.3) is 0 Å². The van der Waals surface area contributed by atoms with Crippen molar-refractivity contribution < 1.29 is 24.2 Å². The average molecular weight is 290 g/mol. The highest BCUT2D eigenvalue weighted by atomic mass is 16.5. The molecule has 0 aliphatic carbocycles. The molecular formula is C15H30O5. The number of carbonyl (C=O) groups excluding carboxylic acids is 2. The highest BCUT2D eigenvalue weighted by molar-refractivity contribution is 5.72. The van der Waals surface area contributed by atoms with Crippen LogP contribution in [0.1, 0.15) is 53.9 Å². The first-order valence-corrected chi connectivity index (χ1v) is 7.35. The van der Waals surface area contributed by atoms with Gasteiger partial charge in [0.2, 0.25) is 0 Å². The lowest BCUT2D eigenvalue weighted by molar-refractivity contribution is -0.151. The molecule has 0 heterocycles. The van der Waals surface area contributed by atoms with Crippen molar-refractivity contribution in [2.75, 3.05) is 19.8 Å². The number of aliphatic hydroxyl groups excluding tert-OH is 1. The van der Waals surface area contributed by atoms with Crippen LogP contribution >= 0.6 is 0 Å². The van der Waals surface area contributed by atoms with Gasteiger partial charge in [-0.2, -0.15) is 0 Å². The molecule has 2 unspecified atom stereocenters. The molecule has 0 amide bonds. The Morgan fingerprint density at radius 3 is 1.95 bits per heavy atom. The van der Waals surface area contributed by atoms with E-state index in [9.17, 15) is 9.59 Å². The molecule has 5 heteroatoms. The van der Waals surface area contributed by atoms with Crippen molar-refractivity contribution in [3.63, 3.8) is 0 Å². The molecule has 0 fully saturated rings. The maximum absolute atomic E-state index is 11.4. The molecule has 0 rings (SSSR count). The van der Waals surface area contributed by atoms with Gasteiger partial charge >= 0.3 is 11.9 Å². The number of hydrogen-bond donors (Lipinski definition) is 1. The summed E-state index contributed by atoms with van der Waals surface area (Å²) in [6.07, 6.45) is 3.18. The van der Waals surface area contributed by atoms with E-state index in [0.717, 1.165) is 19.3 Å². The monoisotopic (exact) mass is 290 g/mol. The topological polar surface area (TPSA) is 72.8 Å². The molecule has 2 atom stereocenters. The van der Waals surface area contributed by atoms with Crippen LogP contribution in [0.3, 0.4) is 0 Å². The van der Waals surface area contributed by atoms with E-state index in [0.29, 0.717) is 13.2 Å². The fourth-order valence-corrected chi connectivity index (χ4v) is 1.67. The van der Waals surface area contributed by atoms with Gasteiger partial charge in [-0.3, -0.25) is 9.59 Å². The van der Waals surface area contributed by atoms with Crippen LogP contribution in [-0.2, 0) is 19.1 Å². The van der Waals surface area contributed by atoms with Crippen LogP contribution in [0.5, 0.6) is 0 Å². The third-order valence-corrected chi connectivity index (χ3v) is 2.83. The van der Waals surface area contributed by atoms with E-state index in [1.165, 1.54) is 6.92 Å². The Morgan fingerprint density at radius 1 is 1.10 bits per heavy atom. The number of rotatable bonds is 8. The van der Waals surface area contributed by atoms with E-state index in [1.807, 2.05) is 6.92 Å². The van der Waals surface area contributed by atoms with Crippen LogP contribution in [0.2, 0.25) is 0 Å². The summed E-state index contributed by atoms with van der Waals surface area (Å²) in [5.41, 5.74) is 0. The molecule has 0 aromatic rings. The summed E-state index contributed by atoms with van der Waals surface area (Å²) in [6, 6.07) is 0. The summed E-state index contributed by atoms with van der Waals surface area (Å²) in [6.45, 7) is 9.82. The van der Waals surface area contributed by atoms with Gasteiger partial charge in [-0.1, -0.05) is 26.7 Å². The quantitative estimate of drug-likeness (QED) is 0.695. The first-order chi connectivity index (χ1) is 9.44. The zero-order valence-corrected chi connectivity index (χ0v) is 13.5. The van der Waals surface area contributed by atoms with Gasteiger partial charge in [-0.15, -0.1) is 0 Å². The second-order valence-electron chi connectivity index (χ2n) is 4.59. The smallest absolute Gasteiger partial charge is 0.311 e. The Bertz CT molecular complexity index is 253. The second-order valence-corrected chi connectivity index (χ2v) is 4.59. The predicted molar refractivity (Wildman–Crippen MR) is 78.2 cm³/mol. The largest absolute Gasteiger partial charge is 0.466 e. The lowest BCUT2D eigenvalue weighted by Gasteiger charge is -2.19. The lowest BCUT2D eigenvalue weighted by Crippen LogP contribution is -2.27. The molecule has 0 aliphatic rings. The van der Waals surface area contributed by atoms with E-state index in [-0.39, 0.29) is 30.4 Å². The van der Waals surface area contributed by atoms with Gasteiger partial charge in [0.15, 0.2) is 0 Å². The van der Waals surface area contributed by atoms with Gasteiger partial charge in [0.1, 0.15) is 0 Å². The van der Waals surface area contributed by atoms with Crippen molar-refractivity contribution in [3.8, 4) is 0 Å². The van der Waals surface area contributed by atoms with Crippen molar-refractivity contribution in [3.05, 3.63) is 0 Å². The van der Waals surface area contributed by atoms with Crippen LogP contribution in [0.4, 0.5) is 0 Å². The Labute approximate surface area is 122 Å². The highest BCUT2D eigenvalue weighted by Gasteiger charge is 2.24. The molecule has 20 heavy (non-hydrogen) atoms. The Morgan fingerprint density at radius 2 is 1.65 bits per heavy atom. The number of esters is 2. The predicted octanol–water partition coefficient (Wildman–Crippen LogP) is 2.55. The molecule has 0 saturated carbocycles. The van der Waals surface area contributed by atoms with Gasteiger partial charge in [-0.25, -0.2) is 0 Å². The molecule has 0 saturated heterocycles. The minimum Gasteiger partial charge on any atom is -0.466 e. The number of unbranched alkanes of at least 4 members (excludes halogenated alkanes) is 1. The molecule has 5 nitrogen and oxygen atoms in total. The summed E-state index contributed by atoms with van der Waals surface area (Å²) in [4.78, 5) is 21.2. The number of hydrogen-bond acceptors (Lipinski definition) is 5. The van der Waals surface area contributed by atoms with E-state index < -0.39 is 0 Å². The van der Waals surface area contributed by atoms with Crippen LogP contribution in [0.15, 0.2) is 0 Å². The maximum Gasteiger partial charge on any atom is 0.311 e. The third-order valence-electron chi connectivity index (χ3n) is 2.83. The third kappa shape index (κ3) is 12.0. The molecule has 0 aromatic heterocycles. The SMILES string of the molecule is CCCCC(C)C(CO)C(=O)OCC.CCOC(C)=O. The normalized spacial score (nSPS) is 12.7. The van der Waals surface area contributed by atoms with E-state index in [4.69, 9.17) is 9.84 Å². The molecule has 0 radical (unpaired) electrons. The zero-order valence-electron chi connectivity index (χ0n) is 13.5. The van der Waals surface area contributed by atoms with Crippen LogP contribution in [0, 0.1) is 11.8 Å². The average Bonchev–Trinajstić information content (AvgIpc) is 2.38. The van der Waals surface area contributed by atoms with Gasteiger partial charge < -0.3 is 14.6 Å². The van der Waals surface area contributed by atoms with Crippen LogP contribution in [-0.4, -0.2) is 36.9 Å². The number of ether oxygens (including phenoxy) is 2. The van der Waals surface area contributed by atoms with Crippen molar-refractivity contribution in [2.24, 2.45) is 11.8 Å². The van der Waals surface area contributed by atoms with E-state index in [2.05, 4.69) is 11.7 Å². The standard InChI is InChI=1S/C11H22O3.C4H8O2/c1-4-6-7-9(3)10(8-12)11(13)14-5-2;1-3-6-4(2)5/h9-10,12H,4-8H2,1-3H3;3H2,1-2H3. The number of carbonyl (C=O) groups is 2. The molecular weight excluding hydrogens is 260 g/mol. The Hall–Kier alpha value is -1.10. The zero-order chi connectivity index (χ0) is 16.0. The molecule has 0 bridgehead atoms. The maximum atomic E-state index is 11.4. The fraction of sp³-hybridized carbons (Fsp3) is 0.867. The molecule has 0 aliphatic heterocycles. The van der Waals surface area contributed by atoms with Crippen molar-refractivity contribution in [2.45, 2.75) is 53.9 Å². The highest BCUT2D eigenvalue weighted by Crippen LogP contribution is 2.19. The van der Waals surface area contributed by atoms with Crippen molar-refractivity contribution >= 4 is 11.9 Å². The molecule has 1 N–H and O–H groups in total. The second kappa shape index (κ2) is 14.3. The van der Waals surface area contributed by atoms with Crippen LogP contribution in [0.25, 0.3) is 0 Å². The molecule has 120 valence electrons. The fourth-order valence-electron chi connectivity index (χ4n) is 1.67. The number of aliphatic hydroxyl groups is 1. The summed E-state index contributed by atoms with van der Waals surface area (Å²) in [5.74, 6) is -0.614. The van der Waals surface area contributed by atoms with Gasteiger partial charge in [0, 0.05) is 6.92 Å². The summed E-state index contributed by atoms with van der Waals surface area (Å²) >= 11 is 0. The molecule has 0 aromatic carbocycles. The minimum atomic E-state index is -0.346. The summed E-state index contributed by atoms with van der Waals surface area (Å²) < 4.78 is 9.30. The summed E-state index contributed by atoms with van der Waals surface area (Å²) in [7, 11) is 0. The Kier molecular flexibility index (Phi) is 15.2. The van der Waals surface area contributed by atoms with E-state index in [1.54, 1.807) is 13.8 Å². The first-order valence-electron chi connectivity index (χ1n) is 7.35.